The zero-order chi connectivity index (χ0) is 37.1. The summed E-state index contributed by atoms with van der Waals surface area (Å²) in [4.78, 5) is 24.4. The van der Waals surface area contributed by atoms with E-state index in [1.165, 1.54) is 205 Å². The minimum absolute atomic E-state index is 0.0562. The van der Waals surface area contributed by atoms with Crippen LogP contribution in [0.1, 0.15) is 264 Å². The highest BCUT2D eigenvalue weighted by Gasteiger charge is 2.16. The highest BCUT2D eigenvalue weighted by Crippen LogP contribution is 2.17. The van der Waals surface area contributed by atoms with Gasteiger partial charge in [-0.2, -0.15) is 0 Å². The van der Waals surface area contributed by atoms with Gasteiger partial charge in [-0.3, -0.25) is 9.59 Å². The first kappa shape index (κ1) is 49.9. The van der Waals surface area contributed by atoms with Crippen molar-refractivity contribution in [1.82, 2.24) is 0 Å². The zero-order valence-electron chi connectivity index (χ0n) is 34.6. The summed E-state index contributed by atoms with van der Waals surface area (Å²) in [5.74, 6) is -0.569. The number of aliphatic hydroxyl groups is 1. The fourth-order valence-corrected chi connectivity index (χ4v) is 7.15. The van der Waals surface area contributed by atoms with Gasteiger partial charge in [0.2, 0.25) is 0 Å². The Morgan fingerprint density at radius 1 is 0.373 bits per heavy atom. The number of esters is 2. The van der Waals surface area contributed by atoms with Gasteiger partial charge in [0, 0.05) is 12.8 Å². The maximum atomic E-state index is 12.2. The van der Waals surface area contributed by atoms with Crippen molar-refractivity contribution in [3.8, 4) is 0 Å². The maximum absolute atomic E-state index is 12.2. The van der Waals surface area contributed by atoms with Crippen LogP contribution in [0, 0.1) is 0 Å². The fraction of sp³-hybridized carbons (Fsp3) is 0.957. The average Bonchev–Trinajstić information content (AvgIpc) is 3.13. The zero-order valence-corrected chi connectivity index (χ0v) is 34.6. The molecule has 0 aliphatic rings. The minimum Gasteiger partial charge on any atom is -0.462 e. The molecule has 51 heavy (non-hydrogen) atoms. The van der Waals surface area contributed by atoms with E-state index in [0.29, 0.717) is 12.8 Å². The molecular weight excluding hydrogens is 633 g/mol. The Balaban J connectivity index is 3.45. The van der Waals surface area contributed by atoms with Gasteiger partial charge in [-0.15, -0.1) is 0 Å². The third-order valence-corrected chi connectivity index (χ3v) is 10.7. The first-order chi connectivity index (χ1) is 25.1. The number of unbranched alkanes of at least 4 members (excludes halogenated alkanes) is 35. The van der Waals surface area contributed by atoms with Crippen LogP contribution in [0.4, 0.5) is 0 Å². The van der Waals surface area contributed by atoms with Gasteiger partial charge < -0.3 is 14.6 Å². The molecule has 1 atom stereocenters. The number of rotatable bonds is 43. The first-order valence-electron chi connectivity index (χ1n) is 23.1. The van der Waals surface area contributed by atoms with Crippen LogP contribution in [0.15, 0.2) is 0 Å². The Labute approximate surface area is 319 Å². The lowest BCUT2D eigenvalue weighted by atomic mass is 10.0. The van der Waals surface area contributed by atoms with Crippen LogP contribution in [0.5, 0.6) is 0 Å². The van der Waals surface area contributed by atoms with Crippen LogP contribution in [-0.2, 0) is 19.1 Å². The number of aliphatic hydroxyl groups excluding tert-OH is 1. The van der Waals surface area contributed by atoms with Gasteiger partial charge in [-0.05, 0) is 12.8 Å². The summed E-state index contributed by atoms with van der Waals surface area (Å²) in [6, 6.07) is 0. The predicted molar refractivity (Wildman–Crippen MR) is 219 cm³/mol. The normalized spacial score (nSPS) is 12.0. The van der Waals surface area contributed by atoms with E-state index in [2.05, 4.69) is 13.8 Å². The van der Waals surface area contributed by atoms with Crippen LogP contribution in [0.25, 0.3) is 0 Å². The Kier molecular flexibility index (Phi) is 42.4. The van der Waals surface area contributed by atoms with Crippen LogP contribution in [0.2, 0.25) is 0 Å². The molecule has 1 N–H and O–H groups in total. The van der Waals surface area contributed by atoms with Gasteiger partial charge >= 0.3 is 11.9 Å². The van der Waals surface area contributed by atoms with Crippen molar-refractivity contribution >= 4 is 11.9 Å². The van der Waals surface area contributed by atoms with Crippen molar-refractivity contribution in [3.05, 3.63) is 0 Å². The molecule has 0 fully saturated rings. The number of carbonyl (C=O) groups excluding carboxylic acids is 2. The molecule has 0 rings (SSSR count). The predicted octanol–water partition coefficient (Wildman–Crippen LogP) is 14.7. The summed E-state index contributed by atoms with van der Waals surface area (Å²) in [6.07, 6.45) is 48.9. The molecule has 0 heterocycles. The van der Waals surface area contributed by atoms with E-state index in [9.17, 15) is 14.7 Å². The quantitative estimate of drug-likeness (QED) is 0.0501. The molecule has 0 saturated carbocycles. The number of hydrogen-bond acceptors (Lipinski definition) is 5. The molecule has 0 amide bonds. The Morgan fingerprint density at radius 2 is 0.608 bits per heavy atom. The van der Waals surface area contributed by atoms with Crippen molar-refractivity contribution in [2.75, 3.05) is 13.2 Å². The molecule has 0 unspecified atom stereocenters. The van der Waals surface area contributed by atoms with Crippen molar-refractivity contribution in [2.24, 2.45) is 0 Å². The van der Waals surface area contributed by atoms with E-state index < -0.39 is 6.10 Å². The Hall–Kier alpha value is -1.10. The minimum atomic E-state index is -0.762. The fourth-order valence-electron chi connectivity index (χ4n) is 7.15. The van der Waals surface area contributed by atoms with Crippen molar-refractivity contribution in [3.63, 3.8) is 0 Å². The van der Waals surface area contributed by atoms with Gasteiger partial charge in [-0.1, -0.05) is 239 Å². The van der Waals surface area contributed by atoms with Crippen molar-refractivity contribution in [2.45, 2.75) is 270 Å². The largest absolute Gasteiger partial charge is 0.462 e. The topological polar surface area (TPSA) is 72.8 Å². The Morgan fingerprint density at radius 3 is 0.863 bits per heavy atom. The van der Waals surface area contributed by atoms with Gasteiger partial charge in [0.15, 0.2) is 6.10 Å². The van der Waals surface area contributed by atoms with Crippen LogP contribution >= 0.6 is 0 Å². The van der Waals surface area contributed by atoms with Gasteiger partial charge in [-0.25, -0.2) is 0 Å². The summed E-state index contributed by atoms with van der Waals surface area (Å²) in [5.41, 5.74) is 0. The number of hydrogen-bond donors (Lipinski definition) is 1. The van der Waals surface area contributed by atoms with Crippen LogP contribution < -0.4 is 0 Å². The average molecular weight is 723 g/mol. The Bertz CT molecular complexity index is 695. The monoisotopic (exact) mass is 723 g/mol. The van der Waals surface area contributed by atoms with Crippen LogP contribution in [-0.4, -0.2) is 36.4 Å². The number of ether oxygens (including phenoxy) is 2. The molecule has 0 aliphatic carbocycles. The summed E-state index contributed by atoms with van der Waals surface area (Å²) in [6.45, 7) is 4.19. The van der Waals surface area contributed by atoms with Gasteiger partial charge in [0.1, 0.15) is 6.61 Å². The van der Waals surface area contributed by atoms with Crippen molar-refractivity contribution < 1.29 is 24.2 Å². The summed E-state index contributed by atoms with van der Waals surface area (Å²) >= 11 is 0. The van der Waals surface area contributed by atoms with E-state index in [1.54, 1.807) is 0 Å². The lowest BCUT2D eigenvalue weighted by molar-refractivity contribution is -0.161. The van der Waals surface area contributed by atoms with E-state index in [-0.39, 0.29) is 25.2 Å². The summed E-state index contributed by atoms with van der Waals surface area (Å²) in [5, 5.41) is 9.59. The van der Waals surface area contributed by atoms with E-state index in [0.717, 1.165) is 32.1 Å². The highest BCUT2D eigenvalue weighted by molar-refractivity contribution is 5.70. The molecule has 0 spiro atoms. The van der Waals surface area contributed by atoms with Gasteiger partial charge in [0.05, 0.1) is 6.61 Å². The van der Waals surface area contributed by atoms with E-state index >= 15 is 0 Å². The standard InChI is InChI=1S/C46H90O5/c1-3-5-7-9-11-13-15-17-19-21-23-25-27-29-31-33-35-37-39-41-46(49)51-44(42-47)43-50-45(48)40-38-36-34-32-30-28-26-24-22-20-18-16-14-12-10-8-6-4-2/h44,47H,3-43H2,1-2H3/t44-/m0/s1. The second-order valence-electron chi connectivity index (χ2n) is 15.9. The third kappa shape index (κ3) is 41.5. The molecule has 304 valence electrons. The van der Waals surface area contributed by atoms with E-state index in [4.69, 9.17) is 9.47 Å². The molecular formula is C46H90O5. The smallest absolute Gasteiger partial charge is 0.306 e. The van der Waals surface area contributed by atoms with E-state index in [1.807, 2.05) is 0 Å². The second-order valence-corrected chi connectivity index (χ2v) is 15.9. The highest BCUT2D eigenvalue weighted by atomic mass is 16.6. The van der Waals surface area contributed by atoms with Crippen LogP contribution in [0.3, 0.4) is 0 Å². The summed E-state index contributed by atoms with van der Waals surface area (Å²) < 4.78 is 10.7. The van der Waals surface area contributed by atoms with Gasteiger partial charge in [0.25, 0.3) is 0 Å². The molecule has 0 radical (unpaired) electrons. The molecule has 0 aromatic rings. The molecule has 0 aromatic heterocycles. The summed E-state index contributed by atoms with van der Waals surface area (Å²) in [7, 11) is 0. The molecule has 0 aliphatic heterocycles. The first-order valence-corrected chi connectivity index (χ1v) is 23.1. The lowest BCUT2D eigenvalue weighted by Crippen LogP contribution is -2.28. The maximum Gasteiger partial charge on any atom is 0.306 e. The SMILES string of the molecule is CCCCCCCCCCCCCCCCCCCCCC(=O)O[C@@H](CO)COC(=O)CCCCCCCCCCCCCCCCCCCC. The number of carbonyl (C=O) groups is 2. The van der Waals surface area contributed by atoms with Crippen molar-refractivity contribution in [1.29, 1.82) is 0 Å². The third-order valence-electron chi connectivity index (χ3n) is 10.7. The molecule has 0 aromatic carbocycles. The molecule has 0 saturated heterocycles. The molecule has 0 bridgehead atoms. The molecule has 5 nitrogen and oxygen atoms in total. The molecule has 5 heteroatoms. The lowest BCUT2D eigenvalue weighted by Gasteiger charge is -2.15. The second kappa shape index (κ2) is 43.3.